The molecular formula is C23H25N3O3S. The third-order valence-corrected chi connectivity index (χ3v) is 6.13. The second-order valence-electron chi connectivity index (χ2n) is 6.92. The Morgan fingerprint density at radius 1 is 1.23 bits per heavy atom. The van der Waals surface area contributed by atoms with Crippen LogP contribution in [0.25, 0.3) is 17.0 Å². The quantitative estimate of drug-likeness (QED) is 0.503. The van der Waals surface area contributed by atoms with Gasteiger partial charge in [0.1, 0.15) is 6.54 Å². The smallest absolute Gasteiger partial charge is 0.294 e. The maximum Gasteiger partial charge on any atom is 0.294 e. The third-order valence-electron chi connectivity index (χ3n) is 5.22. The molecule has 0 radical (unpaired) electrons. The summed E-state index contributed by atoms with van der Waals surface area (Å²) in [6, 6.07) is 5.99. The number of carbonyl (C=O) groups is 3. The van der Waals surface area contributed by atoms with Crippen LogP contribution in [0.15, 0.2) is 29.3 Å². The number of imide groups is 1. The van der Waals surface area contributed by atoms with Gasteiger partial charge in [0, 0.05) is 30.2 Å². The molecule has 3 amide bonds. The van der Waals surface area contributed by atoms with Crippen molar-refractivity contribution >= 4 is 45.8 Å². The molecule has 3 rings (SSSR count). The number of para-hydroxylation sites is 1. The summed E-state index contributed by atoms with van der Waals surface area (Å²) in [5, 5.41) is 0.587. The summed E-state index contributed by atoms with van der Waals surface area (Å²) in [6.45, 7) is 7.50. The van der Waals surface area contributed by atoms with Crippen molar-refractivity contribution in [3.05, 3.63) is 40.4 Å². The van der Waals surface area contributed by atoms with E-state index in [4.69, 9.17) is 6.42 Å². The number of aryl methyl sites for hydroxylation is 1. The van der Waals surface area contributed by atoms with Crippen molar-refractivity contribution in [1.29, 1.82) is 0 Å². The molecule has 0 unspecified atom stereocenters. The molecule has 0 saturated carbocycles. The number of carbonyl (C=O) groups excluding carboxylic acids is 3. The number of hydrogen-bond acceptors (Lipinski definition) is 4. The Kier molecular flexibility index (Phi) is 6.68. The van der Waals surface area contributed by atoms with E-state index < -0.39 is 0 Å². The van der Waals surface area contributed by atoms with Crippen molar-refractivity contribution < 1.29 is 14.4 Å². The van der Waals surface area contributed by atoms with E-state index in [2.05, 4.69) is 12.8 Å². The van der Waals surface area contributed by atoms with Crippen LogP contribution in [0.2, 0.25) is 0 Å². The molecule has 1 aliphatic heterocycles. The van der Waals surface area contributed by atoms with Gasteiger partial charge in [-0.25, -0.2) is 0 Å². The van der Waals surface area contributed by atoms with E-state index in [1.807, 2.05) is 42.8 Å². The molecule has 0 spiro atoms. The van der Waals surface area contributed by atoms with Crippen molar-refractivity contribution in [3.8, 4) is 12.3 Å². The summed E-state index contributed by atoms with van der Waals surface area (Å²) >= 11 is 0.889. The van der Waals surface area contributed by atoms with Crippen molar-refractivity contribution in [2.24, 2.45) is 0 Å². The third kappa shape index (κ3) is 4.01. The molecule has 1 aromatic carbocycles. The number of benzene rings is 1. The largest absolute Gasteiger partial charge is 0.342 e. The molecule has 1 saturated heterocycles. The van der Waals surface area contributed by atoms with Gasteiger partial charge in [0.15, 0.2) is 0 Å². The Labute approximate surface area is 180 Å². The molecule has 0 N–H and O–H groups in total. The van der Waals surface area contributed by atoms with Gasteiger partial charge >= 0.3 is 0 Å². The summed E-state index contributed by atoms with van der Waals surface area (Å²) < 4.78 is 1.95. The van der Waals surface area contributed by atoms with E-state index in [1.165, 1.54) is 0 Å². The highest BCUT2D eigenvalue weighted by Gasteiger charge is 2.34. The fourth-order valence-electron chi connectivity index (χ4n) is 3.68. The van der Waals surface area contributed by atoms with E-state index in [0.29, 0.717) is 18.0 Å². The first-order valence-electron chi connectivity index (χ1n) is 10.0. The summed E-state index contributed by atoms with van der Waals surface area (Å²) in [5.41, 5.74) is 2.91. The molecule has 7 heteroatoms. The van der Waals surface area contributed by atoms with Gasteiger partial charge in [-0.2, -0.15) is 0 Å². The fourth-order valence-corrected chi connectivity index (χ4v) is 4.51. The summed E-state index contributed by atoms with van der Waals surface area (Å²) in [4.78, 5) is 40.6. The zero-order chi connectivity index (χ0) is 21.8. The minimum absolute atomic E-state index is 0.0396. The topological polar surface area (TPSA) is 62.6 Å². The first kappa shape index (κ1) is 21.7. The molecular weight excluding hydrogens is 398 g/mol. The monoisotopic (exact) mass is 423 g/mol. The average molecular weight is 424 g/mol. The van der Waals surface area contributed by atoms with Gasteiger partial charge in [0.2, 0.25) is 5.91 Å². The lowest BCUT2D eigenvalue weighted by molar-refractivity contribution is -0.131. The molecule has 6 nitrogen and oxygen atoms in total. The molecule has 30 heavy (non-hydrogen) atoms. The Morgan fingerprint density at radius 3 is 2.60 bits per heavy atom. The molecule has 2 aromatic rings. The highest BCUT2D eigenvalue weighted by molar-refractivity contribution is 8.18. The van der Waals surface area contributed by atoms with Crippen LogP contribution in [0.4, 0.5) is 4.79 Å². The normalized spacial score (nSPS) is 15.3. The Bertz CT molecular complexity index is 1070. The number of rotatable bonds is 7. The lowest BCUT2D eigenvalue weighted by atomic mass is 10.1. The summed E-state index contributed by atoms with van der Waals surface area (Å²) in [6.07, 6.45) is 9.70. The van der Waals surface area contributed by atoms with Crippen molar-refractivity contribution in [2.75, 3.05) is 19.6 Å². The molecule has 0 atom stereocenters. The molecule has 1 aromatic heterocycles. The van der Waals surface area contributed by atoms with E-state index in [-0.39, 0.29) is 30.1 Å². The van der Waals surface area contributed by atoms with Crippen LogP contribution in [0.5, 0.6) is 0 Å². The van der Waals surface area contributed by atoms with Crippen LogP contribution in [-0.4, -0.2) is 51.1 Å². The fraction of sp³-hybridized carbons (Fsp3) is 0.348. The highest BCUT2D eigenvalue weighted by atomic mass is 32.2. The number of hydrogen-bond donors (Lipinski definition) is 0. The minimum atomic E-state index is -0.380. The van der Waals surface area contributed by atoms with Gasteiger partial charge < -0.3 is 9.47 Å². The summed E-state index contributed by atoms with van der Waals surface area (Å²) in [5.74, 6) is 2.01. The number of amides is 3. The lowest BCUT2D eigenvalue weighted by Gasteiger charge is -2.19. The Hall–Kier alpha value is -2.98. The van der Waals surface area contributed by atoms with Crippen LogP contribution in [0.1, 0.15) is 31.9 Å². The van der Waals surface area contributed by atoms with Crippen molar-refractivity contribution in [2.45, 2.75) is 33.7 Å². The first-order valence-corrected chi connectivity index (χ1v) is 10.8. The van der Waals surface area contributed by atoms with Crippen LogP contribution < -0.4 is 0 Å². The van der Waals surface area contributed by atoms with Gasteiger partial charge in [-0.05, 0) is 43.7 Å². The second-order valence-corrected chi connectivity index (χ2v) is 7.91. The van der Waals surface area contributed by atoms with Gasteiger partial charge in [0.25, 0.3) is 11.1 Å². The van der Waals surface area contributed by atoms with E-state index >= 15 is 0 Å². The highest BCUT2D eigenvalue weighted by Crippen LogP contribution is 2.34. The van der Waals surface area contributed by atoms with Crippen LogP contribution in [0.3, 0.4) is 0 Å². The zero-order valence-corrected chi connectivity index (χ0v) is 18.3. The molecule has 1 fully saturated rings. The molecule has 2 heterocycles. The van der Waals surface area contributed by atoms with Crippen LogP contribution in [-0.2, 0) is 22.6 Å². The van der Waals surface area contributed by atoms with Gasteiger partial charge in [-0.3, -0.25) is 19.3 Å². The molecule has 0 aliphatic carbocycles. The zero-order valence-electron chi connectivity index (χ0n) is 17.5. The van der Waals surface area contributed by atoms with Gasteiger partial charge in [-0.1, -0.05) is 31.0 Å². The predicted molar refractivity (Wildman–Crippen MR) is 121 cm³/mol. The van der Waals surface area contributed by atoms with E-state index in [0.717, 1.165) is 45.1 Å². The number of aromatic nitrogens is 1. The van der Waals surface area contributed by atoms with E-state index in [9.17, 15) is 14.4 Å². The first-order chi connectivity index (χ1) is 14.4. The number of thioether (sulfide) groups is 1. The lowest BCUT2D eigenvalue weighted by Crippen LogP contribution is -2.33. The van der Waals surface area contributed by atoms with Crippen molar-refractivity contribution in [1.82, 2.24) is 14.4 Å². The number of fused-ring (bicyclic) bond motifs is 1. The maximum absolute atomic E-state index is 12.7. The number of nitrogens with zero attached hydrogens (tertiary/aromatic N) is 3. The minimum Gasteiger partial charge on any atom is -0.342 e. The van der Waals surface area contributed by atoms with Crippen molar-refractivity contribution in [3.63, 3.8) is 0 Å². The maximum atomic E-state index is 12.7. The number of likely N-dealkylation sites (N-methyl/N-ethyl adjacent to an activating group) is 1. The van der Waals surface area contributed by atoms with E-state index in [1.54, 1.807) is 11.0 Å². The average Bonchev–Trinajstić information content (AvgIpc) is 3.21. The second kappa shape index (κ2) is 9.23. The Balaban J connectivity index is 2.07. The Morgan fingerprint density at radius 2 is 1.97 bits per heavy atom. The number of terminal acetylenes is 1. The van der Waals surface area contributed by atoms with Gasteiger partial charge in [-0.15, -0.1) is 6.42 Å². The summed E-state index contributed by atoms with van der Waals surface area (Å²) in [7, 11) is 0. The predicted octanol–water partition coefficient (Wildman–Crippen LogP) is 3.74. The van der Waals surface area contributed by atoms with Crippen LogP contribution in [0, 0.1) is 12.3 Å². The van der Waals surface area contributed by atoms with Gasteiger partial charge in [0.05, 0.1) is 17.0 Å². The molecule has 1 aliphatic rings. The molecule has 0 bridgehead atoms. The standard InChI is InChI=1S/C23H25N3O3S/c1-5-12-26-22(28)19(30-23(26)29)13-17-14-25(15-20(27)24(7-3)8-4)21-16(6-2)10-9-11-18(17)21/h1,9-11,13-14H,6-8,12,15H2,2-4H3/b19-13-. The van der Waals surface area contributed by atoms with Crippen LogP contribution >= 0.6 is 11.8 Å². The molecule has 156 valence electrons. The SMILES string of the molecule is C#CCN1C(=O)S/C(=C\c2cn(CC(=O)N(CC)CC)c3c(CC)cccc23)C1=O.